The lowest BCUT2D eigenvalue weighted by Gasteiger charge is -2.13. The van der Waals surface area contributed by atoms with E-state index in [4.69, 9.17) is 9.15 Å². The van der Waals surface area contributed by atoms with Gasteiger partial charge in [-0.2, -0.15) is 4.98 Å². The molecule has 1 atom stereocenters. The maximum atomic E-state index is 5.73. The molecule has 4 rings (SSSR count). The highest BCUT2D eigenvalue weighted by molar-refractivity contribution is 5.72. The van der Waals surface area contributed by atoms with Gasteiger partial charge in [-0.05, 0) is 61.1 Å². The highest BCUT2D eigenvalue weighted by atomic mass is 16.6. The zero-order valence-corrected chi connectivity index (χ0v) is 13.9. The molecular weight excluding hydrogens is 300 g/mol. The molecule has 3 aromatic rings. The van der Waals surface area contributed by atoms with Crippen molar-refractivity contribution in [3.05, 3.63) is 54.1 Å². The molecule has 24 heavy (non-hydrogen) atoms. The van der Waals surface area contributed by atoms with Gasteiger partial charge in [-0.1, -0.05) is 31.2 Å². The van der Waals surface area contributed by atoms with Crippen LogP contribution in [0.1, 0.15) is 31.2 Å². The van der Waals surface area contributed by atoms with Crippen LogP contribution in [0.2, 0.25) is 0 Å². The Balaban J connectivity index is 1.37. The summed E-state index contributed by atoms with van der Waals surface area (Å²) in [5.74, 6) is 2.15. The van der Waals surface area contributed by atoms with E-state index in [2.05, 4.69) is 29.4 Å². The number of benzene rings is 2. The van der Waals surface area contributed by atoms with Gasteiger partial charge in [0, 0.05) is 6.54 Å². The average Bonchev–Trinajstić information content (AvgIpc) is 3.33. The highest BCUT2D eigenvalue weighted by Gasteiger charge is 2.20. The Morgan fingerprint density at radius 3 is 2.71 bits per heavy atom. The van der Waals surface area contributed by atoms with Crippen LogP contribution in [0, 0.1) is 5.92 Å². The minimum atomic E-state index is 0.281. The SMILES string of the molecule is CC(CNCC1CC1)c1ccc(Oc2nc3ccccc3o2)cc1. The summed E-state index contributed by atoms with van der Waals surface area (Å²) in [5.41, 5.74) is 2.85. The fraction of sp³-hybridized carbons (Fsp3) is 0.350. The van der Waals surface area contributed by atoms with Gasteiger partial charge in [-0.25, -0.2) is 0 Å². The molecule has 1 N–H and O–H groups in total. The summed E-state index contributed by atoms with van der Waals surface area (Å²) in [6.07, 6.45) is 3.06. The Hall–Kier alpha value is -2.33. The Labute approximate surface area is 141 Å². The zero-order chi connectivity index (χ0) is 16.4. The standard InChI is InChI=1S/C20H22N2O2/c1-14(12-21-13-15-6-7-15)16-8-10-17(11-9-16)23-20-22-18-4-2-3-5-19(18)24-20/h2-5,8-11,14-15,21H,6-7,12-13H2,1H3. The summed E-state index contributed by atoms with van der Waals surface area (Å²) >= 11 is 0. The van der Waals surface area contributed by atoms with Crippen molar-refractivity contribution in [2.75, 3.05) is 13.1 Å². The van der Waals surface area contributed by atoms with E-state index >= 15 is 0 Å². The van der Waals surface area contributed by atoms with E-state index in [0.717, 1.165) is 35.9 Å². The summed E-state index contributed by atoms with van der Waals surface area (Å²) in [7, 11) is 0. The Morgan fingerprint density at radius 2 is 1.96 bits per heavy atom. The predicted octanol–water partition coefficient (Wildman–Crippen LogP) is 4.72. The van der Waals surface area contributed by atoms with Gasteiger partial charge in [-0.15, -0.1) is 0 Å². The molecule has 1 unspecified atom stereocenters. The number of hydrogen-bond acceptors (Lipinski definition) is 4. The third kappa shape index (κ3) is 3.60. The lowest BCUT2D eigenvalue weighted by Crippen LogP contribution is -2.22. The molecular formula is C20H22N2O2. The minimum Gasteiger partial charge on any atom is -0.411 e. The molecule has 0 aliphatic heterocycles. The minimum absolute atomic E-state index is 0.281. The summed E-state index contributed by atoms with van der Waals surface area (Å²) in [6.45, 7) is 4.42. The third-order valence-corrected chi connectivity index (χ3v) is 4.51. The lowest BCUT2D eigenvalue weighted by atomic mass is 10.0. The summed E-state index contributed by atoms with van der Waals surface area (Å²) < 4.78 is 11.3. The largest absolute Gasteiger partial charge is 0.411 e. The van der Waals surface area contributed by atoms with Crippen molar-refractivity contribution in [1.29, 1.82) is 0 Å². The van der Waals surface area contributed by atoms with E-state index in [1.165, 1.54) is 18.4 Å². The second kappa shape index (κ2) is 6.65. The topological polar surface area (TPSA) is 47.3 Å². The molecule has 2 aromatic carbocycles. The first kappa shape index (κ1) is 15.2. The van der Waals surface area contributed by atoms with Crippen LogP contribution in [0.3, 0.4) is 0 Å². The molecule has 0 spiro atoms. The molecule has 0 saturated heterocycles. The van der Waals surface area contributed by atoms with Crippen LogP contribution in [0.4, 0.5) is 0 Å². The number of hydrogen-bond donors (Lipinski definition) is 1. The average molecular weight is 322 g/mol. The number of fused-ring (bicyclic) bond motifs is 1. The van der Waals surface area contributed by atoms with E-state index in [1.54, 1.807) is 0 Å². The summed E-state index contributed by atoms with van der Waals surface area (Å²) in [5, 5.41) is 3.56. The fourth-order valence-electron chi connectivity index (χ4n) is 2.80. The van der Waals surface area contributed by atoms with Gasteiger partial charge < -0.3 is 14.5 Å². The Kier molecular flexibility index (Phi) is 4.22. The van der Waals surface area contributed by atoms with E-state index in [-0.39, 0.29) is 6.08 Å². The summed E-state index contributed by atoms with van der Waals surface area (Å²) in [4.78, 5) is 4.33. The normalized spacial score (nSPS) is 15.5. The second-order valence-corrected chi connectivity index (χ2v) is 6.62. The fourth-order valence-corrected chi connectivity index (χ4v) is 2.80. The van der Waals surface area contributed by atoms with Crippen LogP contribution >= 0.6 is 0 Å². The maximum absolute atomic E-state index is 5.73. The first-order chi connectivity index (χ1) is 11.8. The molecule has 124 valence electrons. The van der Waals surface area contributed by atoms with E-state index in [9.17, 15) is 0 Å². The van der Waals surface area contributed by atoms with Crippen LogP contribution in [-0.2, 0) is 0 Å². The Bertz CT molecular complexity index is 773. The molecule has 4 heteroatoms. The van der Waals surface area contributed by atoms with Crippen molar-refractivity contribution in [3.63, 3.8) is 0 Å². The maximum Gasteiger partial charge on any atom is 0.400 e. The smallest absolute Gasteiger partial charge is 0.400 e. The van der Waals surface area contributed by atoms with Gasteiger partial charge in [0.1, 0.15) is 11.3 Å². The molecule has 0 radical (unpaired) electrons. The van der Waals surface area contributed by atoms with E-state index in [1.807, 2.05) is 36.4 Å². The number of ether oxygens (including phenoxy) is 1. The molecule has 1 saturated carbocycles. The number of para-hydroxylation sites is 2. The summed E-state index contributed by atoms with van der Waals surface area (Å²) in [6, 6.07) is 15.8. The van der Waals surface area contributed by atoms with Gasteiger partial charge in [0.2, 0.25) is 0 Å². The van der Waals surface area contributed by atoms with Crippen LogP contribution in [0.15, 0.2) is 52.9 Å². The van der Waals surface area contributed by atoms with Crippen molar-refractivity contribution in [2.24, 2.45) is 5.92 Å². The second-order valence-electron chi connectivity index (χ2n) is 6.62. The molecule has 0 bridgehead atoms. The molecule has 1 aliphatic carbocycles. The van der Waals surface area contributed by atoms with Gasteiger partial charge in [-0.3, -0.25) is 0 Å². The highest BCUT2D eigenvalue weighted by Crippen LogP contribution is 2.28. The number of aromatic nitrogens is 1. The molecule has 1 aliphatic rings. The predicted molar refractivity (Wildman–Crippen MR) is 94.5 cm³/mol. The van der Waals surface area contributed by atoms with Gasteiger partial charge in [0.15, 0.2) is 5.58 Å². The van der Waals surface area contributed by atoms with Crippen LogP contribution in [0.25, 0.3) is 11.1 Å². The molecule has 4 nitrogen and oxygen atoms in total. The van der Waals surface area contributed by atoms with E-state index < -0.39 is 0 Å². The monoisotopic (exact) mass is 322 g/mol. The van der Waals surface area contributed by atoms with Crippen LogP contribution < -0.4 is 10.1 Å². The van der Waals surface area contributed by atoms with Gasteiger partial charge >= 0.3 is 6.08 Å². The number of nitrogens with zero attached hydrogens (tertiary/aromatic N) is 1. The quantitative estimate of drug-likeness (QED) is 0.683. The van der Waals surface area contributed by atoms with Crippen molar-refractivity contribution >= 4 is 11.1 Å². The number of oxazole rings is 1. The van der Waals surface area contributed by atoms with Gasteiger partial charge in [0.05, 0.1) is 0 Å². The van der Waals surface area contributed by atoms with Crippen LogP contribution in [-0.4, -0.2) is 18.1 Å². The zero-order valence-electron chi connectivity index (χ0n) is 13.9. The molecule has 0 amide bonds. The number of nitrogens with one attached hydrogen (secondary N) is 1. The van der Waals surface area contributed by atoms with Crippen molar-refractivity contribution in [1.82, 2.24) is 10.3 Å². The van der Waals surface area contributed by atoms with Crippen molar-refractivity contribution in [2.45, 2.75) is 25.7 Å². The van der Waals surface area contributed by atoms with Crippen LogP contribution in [0.5, 0.6) is 11.8 Å². The molecule has 1 aromatic heterocycles. The van der Waals surface area contributed by atoms with E-state index in [0.29, 0.717) is 5.92 Å². The first-order valence-corrected chi connectivity index (χ1v) is 8.62. The van der Waals surface area contributed by atoms with Crippen molar-refractivity contribution < 1.29 is 9.15 Å². The lowest BCUT2D eigenvalue weighted by molar-refractivity contribution is 0.343. The first-order valence-electron chi connectivity index (χ1n) is 8.62. The third-order valence-electron chi connectivity index (χ3n) is 4.51. The molecule has 1 fully saturated rings. The molecule has 1 heterocycles. The van der Waals surface area contributed by atoms with Crippen molar-refractivity contribution in [3.8, 4) is 11.8 Å². The van der Waals surface area contributed by atoms with Gasteiger partial charge in [0.25, 0.3) is 0 Å². The number of rotatable bonds is 7. The Morgan fingerprint density at radius 1 is 1.17 bits per heavy atom.